The summed E-state index contributed by atoms with van der Waals surface area (Å²) in [5, 5.41) is 14.1. The minimum Gasteiger partial charge on any atom is -0.354 e. The van der Waals surface area contributed by atoms with Gasteiger partial charge in [-0.05, 0) is 60.7 Å². The van der Waals surface area contributed by atoms with E-state index < -0.39 is 93.8 Å². The van der Waals surface area contributed by atoms with Gasteiger partial charge >= 0.3 is 0 Å². The normalized spacial score (nSPS) is 20.3. The van der Waals surface area contributed by atoms with Crippen LogP contribution in [0.2, 0.25) is 10.0 Å². The van der Waals surface area contributed by atoms with Crippen molar-refractivity contribution in [1.29, 1.82) is 5.26 Å². The van der Waals surface area contributed by atoms with Crippen LogP contribution in [0.25, 0.3) is 0 Å². The van der Waals surface area contributed by atoms with Crippen molar-refractivity contribution in [1.82, 2.24) is 19.7 Å². The lowest BCUT2D eigenvalue weighted by Crippen LogP contribution is -2.49. The van der Waals surface area contributed by atoms with E-state index in [9.17, 15) is 48.4 Å². The summed E-state index contributed by atoms with van der Waals surface area (Å²) in [7, 11) is -8.58. The molecular formula is C32H30Cl2F5N5O6S2. The number of hydrogen-bond donors (Lipinski definition) is 3. The van der Waals surface area contributed by atoms with Gasteiger partial charge in [-0.1, -0.05) is 29.3 Å². The molecule has 52 heavy (non-hydrogen) atoms. The Hall–Kier alpha value is -3.86. The van der Waals surface area contributed by atoms with Gasteiger partial charge in [0.25, 0.3) is 11.8 Å². The molecule has 0 aromatic heterocycles. The number of sulfonamides is 2. The lowest BCUT2D eigenvalue weighted by atomic mass is 10.1. The first-order chi connectivity index (χ1) is 24.2. The van der Waals surface area contributed by atoms with Crippen LogP contribution >= 0.6 is 23.2 Å². The predicted octanol–water partition coefficient (Wildman–Crippen LogP) is 4.99. The maximum Gasteiger partial charge on any atom is 0.251 e. The Balaban J connectivity index is 0.000000251. The summed E-state index contributed by atoms with van der Waals surface area (Å²) in [6, 6.07) is 12.0. The molecule has 2 fully saturated rings. The molecule has 3 N–H and O–H groups in total. The lowest BCUT2D eigenvalue weighted by Gasteiger charge is -2.30. The summed E-state index contributed by atoms with van der Waals surface area (Å²) >= 11 is 11.5. The summed E-state index contributed by atoms with van der Waals surface area (Å²) in [5.41, 5.74) is -0.163. The Bertz CT molecular complexity index is 2050. The van der Waals surface area contributed by atoms with Crippen molar-refractivity contribution in [2.24, 2.45) is 0 Å². The minimum atomic E-state index is -4.50. The van der Waals surface area contributed by atoms with Crippen LogP contribution < -0.4 is 15.4 Å². The molecule has 2 heterocycles. The summed E-state index contributed by atoms with van der Waals surface area (Å²) in [5.74, 6) is -8.96. The number of carbonyl (C=O) groups excluding carboxylic acids is 2. The van der Waals surface area contributed by atoms with Gasteiger partial charge in [0.2, 0.25) is 31.9 Å². The molecule has 0 aliphatic carbocycles. The van der Waals surface area contributed by atoms with Gasteiger partial charge < -0.3 is 10.6 Å². The fourth-order valence-corrected chi connectivity index (χ4v) is 8.18. The number of amides is 2. The summed E-state index contributed by atoms with van der Waals surface area (Å²) < 4.78 is 123. The monoisotopic (exact) mass is 809 g/mol. The average Bonchev–Trinajstić information content (AvgIpc) is 3.28. The molecule has 20 heteroatoms. The molecule has 2 atom stereocenters. The molecule has 0 spiro atoms. The minimum absolute atomic E-state index is 0.00658. The van der Waals surface area contributed by atoms with Gasteiger partial charge in [0.15, 0.2) is 0 Å². The quantitative estimate of drug-likeness (QED) is 0.270. The van der Waals surface area contributed by atoms with Crippen LogP contribution in [0.3, 0.4) is 0 Å². The van der Waals surface area contributed by atoms with Gasteiger partial charge in [-0.3, -0.25) is 9.59 Å². The van der Waals surface area contributed by atoms with E-state index in [1.54, 1.807) is 6.07 Å². The Morgan fingerprint density at radius 1 is 0.808 bits per heavy atom. The number of nitrogens with one attached hydrogen (secondary N) is 3. The molecule has 280 valence electrons. The largest absolute Gasteiger partial charge is 0.354 e. The molecule has 2 amide bonds. The molecule has 2 aliphatic heterocycles. The van der Waals surface area contributed by atoms with Crippen molar-refractivity contribution in [2.75, 3.05) is 13.1 Å². The summed E-state index contributed by atoms with van der Waals surface area (Å²) in [6.45, 7) is -1.19. The van der Waals surface area contributed by atoms with Crippen molar-refractivity contribution in [3.05, 3.63) is 93.7 Å². The molecule has 3 aromatic carbocycles. The summed E-state index contributed by atoms with van der Waals surface area (Å²) in [6.07, 6.45) is -3.08. The van der Waals surface area contributed by atoms with Gasteiger partial charge in [0.1, 0.15) is 17.9 Å². The number of benzene rings is 3. The van der Waals surface area contributed by atoms with E-state index in [0.29, 0.717) is 9.33 Å². The molecule has 2 unspecified atom stereocenters. The van der Waals surface area contributed by atoms with E-state index in [1.807, 2.05) is 4.72 Å². The second kappa shape index (κ2) is 16.4. The summed E-state index contributed by atoms with van der Waals surface area (Å²) in [4.78, 5) is 23.8. The van der Waals surface area contributed by atoms with Gasteiger partial charge in [0, 0.05) is 60.9 Å². The number of rotatable bonds is 8. The average molecular weight is 811 g/mol. The Kier molecular flexibility index (Phi) is 12.9. The molecule has 0 bridgehead atoms. The zero-order valence-corrected chi connectivity index (χ0v) is 29.9. The number of halogens is 7. The smallest absolute Gasteiger partial charge is 0.251 e. The zero-order valence-electron chi connectivity index (χ0n) is 26.8. The highest BCUT2D eigenvalue weighted by atomic mass is 35.5. The SMILES string of the molecule is N#Cc1ccc(CN(C2CC(F)(F)CCNC2=O)S(=O)(=O)c2ccc(Cl)cc2)c(F)c1.O=C1NCCC(F)(F)CC1NS(=O)(=O)c1ccc(Cl)cc1. The molecule has 0 saturated carbocycles. The second-order valence-electron chi connectivity index (χ2n) is 11.8. The Labute approximate surface area is 306 Å². The first kappa shape index (κ1) is 40.9. The second-order valence-corrected chi connectivity index (χ2v) is 16.2. The Morgan fingerprint density at radius 2 is 1.33 bits per heavy atom. The number of carbonyl (C=O) groups is 2. The Morgan fingerprint density at radius 3 is 1.87 bits per heavy atom. The van der Waals surface area contributed by atoms with Crippen molar-refractivity contribution >= 4 is 55.1 Å². The molecular weight excluding hydrogens is 780 g/mol. The predicted molar refractivity (Wildman–Crippen MR) is 179 cm³/mol. The van der Waals surface area contributed by atoms with Crippen LogP contribution in [0.1, 0.15) is 36.8 Å². The van der Waals surface area contributed by atoms with E-state index in [-0.39, 0.29) is 39.0 Å². The van der Waals surface area contributed by atoms with Crippen LogP contribution in [-0.4, -0.2) is 70.0 Å². The third-order valence-corrected chi connectivity index (χ3v) is 11.8. The van der Waals surface area contributed by atoms with Crippen molar-refractivity contribution < 1.29 is 48.4 Å². The topological polar surface area (TPSA) is 166 Å². The standard InChI is InChI=1S/C20H17ClF3N3O3S.C12H13ClF2N2O3S/c21-15-3-5-16(6-4-15)31(29,30)27(12-14-2-1-13(11-25)9-17(14)22)18-10-20(23,24)7-8-26-19(18)28;13-8-1-3-9(4-2-8)21(19,20)17-10-7-12(14,15)5-6-16-11(10)18/h1-6,9,18H,7-8,10,12H2,(H,26,28);1-4,10,17H,5-7H2,(H,16,18). The highest BCUT2D eigenvalue weighted by molar-refractivity contribution is 7.89. The number of nitrogens with zero attached hydrogens (tertiary/aromatic N) is 2. The van der Waals surface area contributed by atoms with Gasteiger partial charge in [0.05, 0.1) is 21.4 Å². The van der Waals surface area contributed by atoms with Crippen molar-refractivity contribution in [3.63, 3.8) is 0 Å². The van der Waals surface area contributed by atoms with Crippen molar-refractivity contribution in [3.8, 4) is 6.07 Å². The van der Waals surface area contributed by atoms with Crippen LogP contribution in [-0.2, 0) is 36.2 Å². The van der Waals surface area contributed by atoms with Crippen LogP contribution in [0, 0.1) is 17.1 Å². The van der Waals surface area contributed by atoms with Crippen molar-refractivity contribution in [2.45, 2.75) is 65.9 Å². The van der Waals surface area contributed by atoms with E-state index in [4.69, 9.17) is 28.5 Å². The highest BCUT2D eigenvalue weighted by Gasteiger charge is 2.45. The van der Waals surface area contributed by atoms with E-state index >= 15 is 0 Å². The fourth-order valence-electron chi connectivity index (χ4n) is 5.16. The van der Waals surface area contributed by atoms with Crippen LogP contribution in [0.15, 0.2) is 76.5 Å². The molecule has 0 radical (unpaired) electrons. The van der Waals surface area contributed by atoms with Gasteiger partial charge in [-0.25, -0.2) is 38.8 Å². The third-order valence-electron chi connectivity index (χ3n) is 7.89. The van der Waals surface area contributed by atoms with Gasteiger partial charge in [-0.2, -0.15) is 14.3 Å². The first-order valence-corrected chi connectivity index (χ1v) is 19.0. The molecule has 11 nitrogen and oxygen atoms in total. The molecule has 2 aliphatic rings. The van der Waals surface area contributed by atoms with Crippen LogP contribution in [0.5, 0.6) is 0 Å². The lowest BCUT2D eigenvalue weighted by molar-refractivity contribution is -0.126. The maximum absolute atomic E-state index is 14.5. The first-order valence-electron chi connectivity index (χ1n) is 15.3. The maximum atomic E-state index is 14.5. The fraction of sp³-hybridized carbons (Fsp3) is 0.344. The number of hydrogen-bond acceptors (Lipinski definition) is 7. The van der Waals surface area contributed by atoms with E-state index in [0.717, 1.165) is 6.07 Å². The molecule has 2 saturated heterocycles. The molecule has 3 aromatic rings. The third kappa shape index (κ3) is 10.6. The number of nitriles is 1. The van der Waals surface area contributed by atoms with E-state index in [2.05, 4.69) is 10.6 Å². The van der Waals surface area contributed by atoms with Crippen LogP contribution in [0.4, 0.5) is 22.0 Å². The highest BCUT2D eigenvalue weighted by Crippen LogP contribution is 2.33. The zero-order chi connectivity index (χ0) is 38.5. The number of alkyl halides is 4. The van der Waals surface area contributed by atoms with E-state index in [1.165, 1.54) is 60.7 Å². The van der Waals surface area contributed by atoms with Gasteiger partial charge in [-0.15, -0.1) is 0 Å². The molecule has 5 rings (SSSR count).